The Kier molecular flexibility index (Phi) is 9.28. The van der Waals surface area contributed by atoms with Gasteiger partial charge in [0.1, 0.15) is 5.75 Å². The van der Waals surface area contributed by atoms with Crippen molar-refractivity contribution in [1.29, 1.82) is 0 Å². The molecule has 3 N–H and O–H groups in total. The molecule has 0 radical (unpaired) electrons. The molecule has 2 rings (SSSR count). The SMILES string of the molecule is CCCCCNC(=S)NNC(=O)COc1ccc(C2SCCS2)cc1. The minimum absolute atomic E-state index is 0.0578. The number of unbranched alkanes of at least 4 members (excludes halogenated alkanes) is 2. The van der Waals surface area contributed by atoms with Gasteiger partial charge in [-0.3, -0.25) is 15.6 Å². The summed E-state index contributed by atoms with van der Waals surface area (Å²) in [6.45, 7) is 2.89. The molecule has 0 aliphatic carbocycles. The van der Waals surface area contributed by atoms with Crippen molar-refractivity contribution in [2.45, 2.75) is 30.8 Å². The number of carbonyl (C=O) groups excluding carboxylic acids is 1. The number of hydrazine groups is 1. The number of thioether (sulfide) groups is 2. The van der Waals surface area contributed by atoms with E-state index in [1.165, 1.54) is 17.1 Å². The maximum absolute atomic E-state index is 11.8. The van der Waals surface area contributed by atoms with Gasteiger partial charge in [-0.1, -0.05) is 31.9 Å². The summed E-state index contributed by atoms with van der Waals surface area (Å²) in [4.78, 5) is 11.8. The molecule has 1 aromatic rings. The van der Waals surface area contributed by atoms with Crippen molar-refractivity contribution in [3.05, 3.63) is 29.8 Å². The lowest BCUT2D eigenvalue weighted by Gasteiger charge is -2.12. The van der Waals surface area contributed by atoms with Crippen LogP contribution < -0.4 is 20.9 Å². The first-order valence-electron chi connectivity index (χ1n) is 8.47. The van der Waals surface area contributed by atoms with Gasteiger partial charge in [0.2, 0.25) is 0 Å². The van der Waals surface area contributed by atoms with Gasteiger partial charge < -0.3 is 10.1 Å². The van der Waals surface area contributed by atoms with Crippen LogP contribution in [0.5, 0.6) is 5.75 Å². The van der Waals surface area contributed by atoms with Gasteiger partial charge in [-0.15, -0.1) is 23.5 Å². The highest BCUT2D eigenvalue weighted by Crippen LogP contribution is 2.45. The predicted octanol–water partition coefficient (Wildman–Crippen LogP) is 3.23. The molecule has 1 aliphatic rings. The molecule has 1 fully saturated rings. The Labute approximate surface area is 163 Å². The Bertz CT molecular complexity index is 549. The summed E-state index contributed by atoms with van der Waals surface area (Å²) in [5.74, 6) is 2.82. The molecular formula is C17H25N3O2S3. The van der Waals surface area contributed by atoms with E-state index in [1.807, 2.05) is 35.7 Å². The highest BCUT2D eigenvalue weighted by atomic mass is 32.2. The zero-order valence-corrected chi connectivity index (χ0v) is 16.8. The molecule has 0 spiro atoms. The largest absolute Gasteiger partial charge is 0.484 e. The van der Waals surface area contributed by atoms with E-state index in [2.05, 4.69) is 35.2 Å². The van der Waals surface area contributed by atoms with E-state index < -0.39 is 0 Å². The molecule has 138 valence electrons. The third-order valence-electron chi connectivity index (χ3n) is 3.53. The Hall–Kier alpha value is -1.12. The number of hydrogen-bond acceptors (Lipinski definition) is 5. The monoisotopic (exact) mass is 399 g/mol. The average Bonchev–Trinajstić information content (AvgIpc) is 3.17. The standard InChI is InChI=1S/C17H25N3O2S3/c1-2-3-4-9-18-17(23)20-19-15(21)12-22-14-7-5-13(6-8-14)16-24-10-11-25-16/h5-8,16H,2-4,9-12H2,1H3,(H,19,21)(H2,18,20,23). The quantitative estimate of drug-likeness (QED) is 0.352. The van der Waals surface area contributed by atoms with Crippen molar-refractivity contribution in [2.24, 2.45) is 0 Å². The lowest BCUT2D eigenvalue weighted by atomic mass is 10.2. The molecular weight excluding hydrogens is 374 g/mol. The number of amides is 1. The Balaban J connectivity index is 1.61. The summed E-state index contributed by atoms with van der Waals surface area (Å²) in [5, 5.41) is 3.46. The molecule has 0 unspecified atom stereocenters. The van der Waals surface area contributed by atoms with Crippen LogP contribution in [-0.4, -0.2) is 35.7 Å². The number of carbonyl (C=O) groups is 1. The van der Waals surface area contributed by atoms with E-state index in [4.69, 9.17) is 17.0 Å². The van der Waals surface area contributed by atoms with Gasteiger partial charge in [-0.05, 0) is 36.3 Å². The minimum atomic E-state index is -0.274. The van der Waals surface area contributed by atoms with Crippen molar-refractivity contribution < 1.29 is 9.53 Å². The smallest absolute Gasteiger partial charge is 0.276 e. The zero-order valence-electron chi connectivity index (χ0n) is 14.4. The fraction of sp³-hybridized carbons (Fsp3) is 0.529. The summed E-state index contributed by atoms with van der Waals surface area (Å²) in [6.07, 6.45) is 3.38. The molecule has 8 heteroatoms. The number of rotatable bonds is 8. The van der Waals surface area contributed by atoms with Crippen molar-refractivity contribution in [3.63, 3.8) is 0 Å². The van der Waals surface area contributed by atoms with E-state index >= 15 is 0 Å². The van der Waals surface area contributed by atoms with Gasteiger partial charge in [-0.2, -0.15) is 0 Å². The first-order chi connectivity index (χ1) is 12.2. The number of nitrogens with one attached hydrogen (secondary N) is 3. The van der Waals surface area contributed by atoms with E-state index in [9.17, 15) is 4.79 Å². The summed E-state index contributed by atoms with van der Waals surface area (Å²) in [7, 11) is 0. The van der Waals surface area contributed by atoms with Gasteiger partial charge in [0.15, 0.2) is 11.7 Å². The van der Waals surface area contributed by atoms with Crippen LogP contribution in [0.25, 0.3) is 0 Å². The average molecular weight is 400 g/mol. The number of thiocarbonyl (C=S) groups is 1. The second-order valence-corrected chi connectivity index (χ2v) is 8.70. The molecule has 1 aliphatic heterocycles. The third-order valence-corrected chi connectivity index (χ3v) is 6.88. The van der Waals surface area contributed by atoms with Gasteiger partial charge in [0.25, 0.3) is 5.91 Å². The van der Waals surface area contributed by atoms with Crippen LogP contribution in [0.3, 0.4) is 0 Å². The zero-order chi connectivity index (χ0) is 17.9. The van der Waals surface area contributed by atoms with Gasteiger partial charge >= 0.3 is 0 Å². The lowest BCUT2D eigenvalue weighted by Crippen LogP contribution is -2.48. The van der Waals surface area contributed by atoms with Crippen LogP contribution in [0.15, 0.2) is 24.3 Å². The van der Waals surface area contributed by atoms with Gasteiger partial charge in [0, 0.05) is 18.1 Å². The van der Waals surface area contributed by atoms with Crippen molar-refractivity contribution >= 4 is 46.8 Å². The van der Waals surface area contributed by atoms with Crippen molar-refractivity contribution in [1.82, 2.24) is 16.2 Å². The molecule has 1 amide bonds. The summed E-state index contributed by atoms with van der Waals surface area (Å²) < 4.78 is 6.02. The Morgan fingerprint density at radius 3 is 2.60 bits per heavy atom. The number of benzene rings is 1. The predicted molar refractivity (Wildman–Crippen MR) is 111 cm³/mol. The number of ether oxygens (including phenoxy) is 1. The molecule has 0 saturated carbocycles. The molecule has 1 aromatic carbocycles. The molecule has 1 saturated heterocycles. The van der Waals surface area contributed by atoms with Crippen molar-refractivity contribution in [3.8, 4) is 5.75 Å². The van der Waals surface area contributed by atoms with Crippen LogP contribution in [-0.2, 0) is 4.79 Å². The topological polar surface area (TPSA) is 62.4 Å². The molecule has 25 heavy (non-hydrogen) atoms. The maximum atomic E-state index is 11.8. The molecule has 5 nitrogen and oxygen atoms in total. The Morgan fingerprint density at radius 1 is 1.20 bits per heavy atom. The second kappa shape index (κ2) is 11.5. The molecule has 0 aromatic heterocycles. The van der Waals surface area contributed by atoms with E-state index in [0.717, 1.165) is 25.8 Å². The van der Waals surface area contributed by atoms with E-state index in [1.54, 1.807) is 0 Å². The van der Waals surface area contributed by atoms with Gasteiger partial charge in [0.05, 0.1) is 4.58 Å². The first kappa shape index (κ1) is 20.2. The van der Waals surface area contributed by atoms with Crippen LogP contribution in [0.1, 0.15) is 36.3 Å². The van der Waals surface area contributed by atoms with E-state index in [-0.39, 0.29) is 12.5 Å². The molecule has 0 bridgehead atoms. The summed E-state index contributed by atoms with van der Waals surface area (Å²) in [5.41, 5.74) is 6.50. The first-order valence-corrected chi connectivity index (χ1v) is 11.0. The van der Waals surface area contributed by atoms with Gasteiger partial charge in [-0.25, -0.2) is 0 Å². The summed E-state index contributed by atoms with van der Waals surface area (Å²) in [6, 6.07) is 7.96. The van der Waals surface area contributed by atoms with Crippen molar-refractivity contribution in [2.75, 3.05) is 24.7 Å². The second-order valence-electron chi connectivity index (χ2n) is 5.57. The summed E-state index contributed by atoms with van der Waals surface area (Å²) >= 11 is 9.02. The molecule has 1 heterocycles. The highest BCUT2D eigenvalue weighted by molar-refractivity contribution is 8.19. The maximum Gasteiger partial charge on any atom is 0.276 e. The molecule has 0 atom stereocenters. The van der Waals surface area contributed by atoms with Crippen LogP contribution in [0, 0.1) is 0 Å². The minimum Gasteiger partial charge on any atom is -0.484 e. The fourth-order valence-electron chi connectivity index (χ4n) is 2.20. The van der Waals surface area contributed by atoms with Crippen LogP contribution in [0.4, 0.5) is 0 Å². The van der Waals surface area contributed by atoms with Crippen LogP contribution >= 0.6 is 35.7 Å². The Morgan fingerprint density at radius 2 is 1.92 bits per heavy atom. The number of hydrogen-bond donors (Lipinski definition) is 3. The van der Waals surface area contributed by atoms with E-state index in [0.29, 0.717) is 15.4 Å². The highest BCUT2D eigenvalue weighted by Gasteiger charge is 2.17. The fourth-order valence-corrected chi connectivity index (χ4v) is 5.22. The normalized spacial score (nSPS) is 14.1. The lowest BCUT2D eigenvalue weighted by molar-refractivity contribution is -0.123. The third kappa shape index (κ3) is 7.75. The van der Waals surface area contributed by atoms with Crippen LogP contribution in [0.2, 0.25) is 0 Å².